The quantitative estimate of drug-likeness (QED) is 0.350. The summed E-state index contributed by atoms with van der Waals surface area (Å²) < 4.78 is 10.5. The molecule has 158 valence electrons. The van der Waals surface area contributed by atoms with Gasteiger partial charge in [-0.1, -0.05) is 35.5 Å². The summed E-state index contributed by atoms with van der Waals surface area (Å²) in [5, 5.41) is 15.0. The molecule has 0 saturated heterocycles. The first-order chi connectivity index (χ1) is 15.0. The first kappa shape index (κ1) is 20.3. The molecule has 0 saturated carbocycles. The van der Waals surface area contributed by atoms with Gasteiger partial charge < -0.3 is 14.2 Å². The highest BCUT2D eigenvalue weighted by molar-refractivity contribution is 6.00. The van der Waals surface area contributed by atoms with E-state index in [2.05, 4.69) is 5.16 Å². The van der Waals surface area contributed by atoms with Crippen LogP contribution in [0.2, 0.25) is 0 Å². The average Bonchev–Trinajstić information content (AvgIpc) is 3.18. The van der Waals surface area contributed by atoms with E-state index in [4.69, 9.17) is 9.26 Å². The summed E-state index contributed by atoms with van der Waals surface area (Å²) in [4.78, 5) is 37.5. The third kappa shape index (κ3) is 4.02. The summed E-state index contributed by atoms with van der Waals surface area (Å²) in [5.41, 5.74) is 2.53. The Morgan fingerprint density at radius 3 is 2.74 bits per heavy atom. The monoisotopic (exact) mass is 421 g/mol. The van der Waals surface area contributed by atoms with Crippen molar-refractivity contribution in [3.63, 3.8) is 0 Å². The normalized spacial score (nSPS) is 12.9. The fourth-order valence-corrected chi connectivity index (χ4v) is 3.64. The van der Waals surface area contributed by atoms with E-state index in [0.29, 0.717) is 42.1 Å². The Balaban J connectivity index is 1.49. The van der Waals surface area contributed by atoms with Crippen LogP contribution in [0.25, 0.3) is 11.3 Å². The molecule has 0 bridgehead atoms. The molecule has 1 aromatic heterocycles. The molecule has 0 radical (unpaired) electrons. The summed E-state index contributed by atoms with van der Waals surface area (Å²) in [6, 6.07) is 13.5. The minimum Gasteiger partial charge on any atom is -0.452 e. The molecule has 1 amide bonds. The number of fused-ring (bicyclic) bond motifs is 1. The lowest BCUT2D eigenvalue weighted by atomic mass is 10.0. The van der Waals surface area contributed by atoms with Crippen LogP contribution in [0.15, 0.2) is 53.1 Å². The highest BCUT2D eigenvalue weighted by Gasteiger charge is 2.27. The van der Waals surface area contributed by atoms with Crippen molar-refractivity contribution >= 4 is 23.3 Å². The van der Waals surface area contributed by atoms with Crippen LogP contribution in [0, 0.1) is 17.0 Å². The lowest BCUT2D eigenvalue weighted by Gasteiger charge is -2.29. The number of nitro groups is 1. The Kier molecular flexibility index (Phi) is 5.48. The van der Waals surface area contributed by atoms with Crippen LogP contribution >= 0.6 is 0 Å². The van der Waals surface area contributed by atoms with Crippen LogP contribution in [0.5, 0.6) is 0 Å². The van der Waals surface area contributed by atoms with E-state index in [1.165, 1.54) is 17.0 Å². The van der Waals surface area contributed by atoms with Crippen molar-refractivity contribution in [3.8, 4) is 11.3 Å². The molecule has 31 heavy (non-hydrogen) atoms. The number of ether oxygens (including phenoxy) is 1. The number of aromatic nitrogens is 1. The van der Waals surface area contributed by atoms with Crippen molar-refractivity contribution in [1.29, 1.82) is 0 Å². The third-order valence-electron chi connectivity index (χ3n) is 5.13. The molecule has 0 unspecified atom stereocenters. The number of benzene rings is 2. The largest absolute Gasteiger partial charge is 0.452 e. The number of hydrogen-bond acceptors (Lipinski definition) is 7. The van der Waals surface area contributed by atoms with E-state index in [9.17, 15) is 19.7 Å². The van der Waals surface area contributed by atoms with Crippen molar-refractivity contribution in [2.45, 2.75) is 19.8 Å². The van der Waals surface area contributed by atoms with Gasteiger partial charge >= 0.3 is 5.97 Å². The molecular formula is C22H19N3O6. The van der Waals surface area contributed by atoms with Crippen molar-refractivity contribution in [3.05, 3.63) is 75.5 Å². The predicted molar refractivity (Wildman–Crippen MR) is 111 cm³/mol. The van der Waals surface area contributed by atoms with E-state index >= 15 is 0 Å². The molecule has 0 N–H and O–H groups in total. The van der Waals surface area contributed by atoms with Crippen molar-refractivity contribution in [2.75, 3.05) is 18.1 Å². The maximum atomic E-state index is 12.8. The number of aryl methyl sites for hydroxylation is 2. The van der Waals surface area contributed by atoms with Gasteiger partial charge in [0.05, 0.1) is 4.92 Å². The van der Waals surface area contributed by atoms with Gasteiger partial charge in [-0.05, 0) is 31.4 Å². The number of carbonyl (C=O) groups excluding carboxylic acids is 2. The highest BCUT2D eigenvalue weighted by Crippen LogP contribution is 2.31. The molecular weight excluding hydrogens is 402 g/mol. The second-order valence-corrected chi connectivity index (χ2v) is 7.12. The number of anilines is 1. The van der Waals surface area contributed by atoms with Gasteiger partial charge in [-0.15, -0.1) is 0 Å². The number of amides is 1. The average molecular weight is 421 g/mol. The zero-order valence-electron chi connectivity index (χ0n) is 16.7. The third-order valence-corrected chi connectivity index (χ3v) is 5.13. The minimum atomic E-state index is -0.702. The molecule has 1 aliphatic heterocycles. The van der Waals surface area contributed by atoms with Gasteiger partial charge in [0, 0.05) is 29.9 Å². The lowest BCUT2D eigenvalue weighted by molar-refractivity contribution is -0.384. The van der Waals surface area contributed by atoms with Crippen molar-refractivity contribution in [1.82, 2.24) is 5.16 Å². The van der Waals surface area contributed by atoms with Crippen LogP contribution in [0.4, 0.5) is 11.4 Å². The number of rotatable bonds is 5. The molecule has 9 heteroatoms. The van der Waals surface area contributed by atoms with Crippen LogP contribution in [0.1, 0.15) is 28.1 Å². The topological polar surface area (TPSA) is 116 Å². The molecule has 2 heterocycles. The number of nitro benzene ring substituents is 1. The summed E-state index contributed by atoms with van der Waals surface area (Å²) in [6.45, 7) is 1.59. The second-order valence-electron chi connectivity index (χ2n) is 7.12. The van der Waals surface area contributed by atoms with E-state index in [0.717, 1.165) is 5.56 Å². The Labute approximate surface area is 177 Å². The Hall–Kier alpha value is -4.01. The smallest absolute Gasteiger partial charge is 0.344 e. The molecule has 1 aliphatic rings. The summed E-state index contributed by atoms with van der Waals surface area (Å²) >= 11 is 0. The fourth-order valence-electron chi connectivity index (χ4n) is 3.64. The van der Waals surface area contributed by atoms with Gasteiger partial charge in [0.2, 0.25) is 0 Å². The SMILES string of the molecule is Cc1onc(-c2ccccc2)c1C(=O)OCC(=O)N1CCCc2cc([N+](=O)[O-])ccc21. The Morgan fingerprint density at radius 1 is 1.23 bits per heavy atom. The van der Waals surface area contributed by atoms with E-state index < -0.39 is 23.4 Å². The van der Waals surface area contributed by atoms with E-state index in [-0.39, 0.29) is 11.3 Å². The van der Waals surface area contributed by atoms with Crippen molar-refractivity contribution < 1.29 is 23.8 Å². The van der Waals surface area contributed by atoms with Crippen LogP contribution in [-0.2, 0) is 16.0 Å². The molecule has 4 rings (SSSR count). The number of non-ortho nitro benzene ring substituents is 1. The van der Waals surface area contributed by atoms with Crippen molar-refractivity contribution in [2.24, 2.45) is 0 Å². The molecule has 0 aliphatic carbocycles. The zero-order chi connectivity index (χ0) is 22.0. The maximum absolute atomic E-state index is 12.8. The molecule has 9 nitrogen and oxygen atoms in total. The van der Waals surface area contributed by atoms with E-state index in [1.54, 1.807) is 25.1 Å². The van der Waals surface area contributed by atoms with Crippen LogP contribution in [0.3, 0.4) is 0 Å². The second kappa shape index (κ2) is 8.39. The Morgan fingerprint density at radius 2 is 2.00 bits per heavy atom. The fraction of sp³-hybridized carbons (Fsp3) is 0.227. The van der Waals surface area contributed by atoms with Crippen LogP contribution < -0.4 is 4.90 Å². The van der Waals surface area contributed by atoms with Gasteiger partial charge in [0.25, 0.3) is 11.6 Å². The van der Waals surface area contributed by atoms with Gasteiger partial charge in [-0.25, -0.2) is 4.79 Å². The molecule has 3 aromatic rings. The summed E-state index contributed by atoms with van der Waals surface area (Å²) in [5.74, 6) is -0.808. The molecule has 2 aromatic carbocycles. The first-order valence-corrected chi connectivity index (χ1v) is 9.72. The van der Waals surface area contributed by atoms with E-state index in [1.807, 2.05) is 18.2 Å². The van der Waals surface area contributed by atoms with Crippen LogP contribution in [-0.4, -0.2) is 35.1 Å². The number of hydrogen-bond donors (Lipinski definition) is 0. The number of esters is 1. The molecule has 0 spiro atoms. The minimum absolute atomic E-state index is 0.0177. The standard InChI is InChI=1S/C22H19N3O6/c1-14-20(21(23-31-14)15-6-3-2-4-7-15)22(27)30-13-19(26)24-11-5-8-16-12-17(25(28)29)9-10-18(16)24/h2-4,6-7,9-10,12H,5,8,11,13H2,1H3. The van der Waals surface area contributed by atoms with Gasteiger partial charge in [-0.2, -0.15) is 0 Å². The van der Waals surface area contributed by atoms with Gasteiger partial charge in [0.1, 0.15) is 17.0 Å². The molecule has 0 fully saturated rings. The van der Waals surface area contributed by atoms with Gasteiger partial charge in [-0.3, -0.25) is 14.9 Å². The summed E-state index contributed by atoms with van der Waals surface area (Å²) in [7, 11) is 0. The lowest BCUT2D eigenvalue weighted by Crippen LogP contribution is -2.38. The van der Waals surface area contributed by atoms with Gasteiger partial charge in [0.15, 0.2) is 6.61 Å². The molecule has 0 atom stereocenters. The number of nitrogens with zero attached hydrogens (tertiary/aromatic N) is 3. The number of carbonyl (C=O) groups is 2. The predicted octanol–water partition coefficient (Wildman–Crippen LogP) is 3.69. The Bertz CT molecular complexity index is 1160. The zero-order valence-corrected chi connectivity index (χ0v) is 16.7. The highest BCUT2D eigenvalue weighted by atomic mass is 16.6. The first-order valence-electron chi connectivity index (χ1n) is 9.72. The maximum Gasteiger partial charge on any atom is 0.344 e. The summed E-state index contributed by atoms with van der Waals surface area (Å²) in [6.07, 6.45) is 1.30.